The summed E-state index contributed by atoms with van der Waals surface area (Å²) in [7, 11) is -3.23. The lowest BCUT2D eigenvalue weighted by molar-refractivity contribution is -0.0433. The fourth-order valence-corrected chi connectivity index (χ4v) is 5.05. The van der Waals surface area contributed by atoms with E-state index < -0.39 is 33.8 Å². The molecule has 6 nitrogen and oxygen atoms in total. The van der Waals surface area contributed by atoms with Crippen molar-refractivity contribution < 1.29 is 21.9 Å². The third-order valence-corrected chi connectivity index (χ3v) is 6.87. The summed E-state index contributed by atoms with van der Waals surface area (Å²) in [4.78, 5) is 2.18. The highest BCUT2D eigenvalue weighted by atomic mass is 32.2. The highest BCUT2D eigenvalue weighted by Gasteiger charge is 2.40. The Bertz CT molecular complexity index is 890. The van der Waals surface area contributed by atoms with Gasteiger partial charge in [-0.05, 0) is 36.6 Å². The van der Waals surface area contributed by atoms with Crippen molar-refractivity contribution in [3.05, 3.63) is 46.7 Å². The molecule has 1 fully saturated rings. The molecule has 0 amide bonds. The Morgan fingerprint density at radius 2 is 2.04 bits per heavy atom. The molecule has 27 heavy (non-hydrogen) atoms. The zero-order valence-corrected chi connectivity index (χ0v) is 15.9. The lowest BCUT2D eigenvalue weighted by atomic mass is 9.93. The summed E-state index contributed by atoms with van der Waals surface area (Å²) in [5.74, 6) is -1.05. The molecule has 3 atom stereocenters. The maximum atomic E-state index is 14.1. The van der Waals surface area contributed by atoms with Crippen LogP contribution in [-0.4, -0.2) is 62.2 Å². The van der Waals surface area contributed by atoms with Gasteiger partial charge in [-0.3, -0.25) is 0 Å². The van der Waals surface area contributed by atoms with Crippen LogP contribution in [0, 0.1) is 11.6 Å². The van der Waals surface area contributed by atoms with E-state index in [-0.39, 0.29) is 11.6 Å². The summed E-state index contributed by atoms with van der Waals surface area (Å²) < 4.78 is 58.6. The summed E-state index contributed by atoms with van der Waals surface area (Å²) in [5, 5.41) is 0. The van der Waals surface area contributed by atoms with E-state index in [0.717, 1.165) is 42.4 Å². The molecule has 0 saturated carbocycles. The first-order valence-electron chi connectivity index (χ1n) is 8.99. The van der Waals surface area contributed by atoms with E-state index in [9.17, 15) is 17.2 Å². The van der Waals surface area contributed by atoms with E-state index in [0.29, 0.717) is 26.1 Å². The highest BCUT2D eigenvalue weighted by molar-refractivity contribution is 7.88. The van der Waals surface area contributed by atoms with Gasteiger partial charge in [-0.2, -0.15) is 4.31 Å². The summed E-state index contributed by atoms with van der Waals surface area (Å²) in [6, 6.07) is 2.82. The second kappa shape index (κ2) is 6.80. The first kappa shape index (κ1) is 18.8. The summed E-state index contributed by atoms with van der Waals surface area (Å²) in [5.41, 5.74) is 8.59. The Morgan fingerprint density at radius 1 is 1.26 bits per heavy atom. The number of sulfonamides is 1. The Morgan fingerprint density at radius 3 is 2.74 bits per heavy atom. The predicted molar refractivity (Wildman–Crippen MR) is 96.2 cm³/mol. The highest BCUT2D eigenvalue weighted by Crippen LogP contribution is 2.37. The van der Waals surface area contributed by atoms with Gasteiger partial charge in [0.2, 0.25) is 10.0 Å². The molecule has 0 unspecified atom stereocenters. The summed E-state index contributed by atoms with van der Waals surface area (Å²) in [6.07, 6.45) is 1.92. The van der Waals surface area contributed by atoms with E-state index in [2.05, 4.69) is 4.90 Å². The monoisotopic (exact) mass is 399 g/mol. The first-order valence-corrected chi connectivity index (χ1v) is 10.8. The molecule has 148 valence electrons. The molecule has 3 aliphatic rings. The number of halogens is 2. The zero-order chi connectivity index (χ0) is 19.3. The molecule has 0 bridgehead atoms. The van der Waals surface area contributed by atoms with Crippen LogP contribution >= 0.6 is 0 Å². The molecular weight excluding hydrogens is 376 g/mol. The summed E-state index contributed by atoms with van der Waals surface area (Å²) >= 11 is 0. The largest absolute Gasteiger partial charge is 0.370 e. The molecule has 0 spiro atoms. The van der Waals surface area contributed by atoms with Gasteiger partial charge in [0.1, 0.15) is 17.7 Å². The minimum absolute atomic E-state index is 0.000111. The lowest BCUT2D eigenvalue weighted by Gasteiger charge is -2.40. The van der Waals surface area contributed by atoms with Crippen LogP contribution in [0.15, 0.2) is 29.5 Å². The third kappa shape index (κ3) is 3.49. The topological polar surface area (TPSA) is 75.9 Å². The standard InChI is InChI=1S/C18H23F2N3O3S/c1-27(24,25)22-8-11-4-5-23(17(11)9-22)13-7-16(21)18(26-10-13)14-6-12(19)2-3-15(14)20/h2-3,6,13,16,18H,4-5,7-10,21H2,1H3/t13-,16+,18-/m1/s1. The van der Waals surface area contributed by atoms with Gasteiger partial charge in [-0.15, -0.1) is 0 Å². The van der Waals surface area contributed by atoms with Gasteiger partial charge >= 0.3 is 0 Å². The Kier molecular flexibility index (Phi) is 4.74. The van der Waals surface area contributed by atoms with Gasteiger partial charge < -0.3 is 15.4 Å². The molecule has 2 N–H and O–H groups in total. The average Bonchev–Trinajstić information content (AvgIpc) is 3.17. The Labute approximate surface area is 157 Å². The number of benzene rings is 1. The maximum absolute atomic E-state index is 14.1. The van der Waals surface area contributed by atoms with Crippen molar-refractivity contribution in [1.29, 1.82) is 0 Å². The molecule has 0 radical (unpaired) electrons. The molecule has 1 saturated heterocycles. The SMILES string of the molecule is CS(=O)(=O)N1CC2=C(C1)N([C@H]1CO[C@H](c3cc(F)ccc3F)[C@@H](N)C1)CC2. The number of nitrogens with zero attached hydrogens (tertiary/aromatic N) is 2. The van der Waals surface area contributed by atoms with Crippen LogP contribution < -0.4 is 5.73 Å². The lowest BCUT2D eigenvalue weighted by Crippen LogP contribution is -2.49. The van der Waals surface area contributed by atoms with Gasteiger partial charge in [-0.1, -0.05) is 0 Å². The molecule has 3 heterocycles. The minimum atomic E-state index is -3.23. The fourth-order valence-electron chi connectivity index (χ4n) is 4.30. The first-order chi connectivity index (χ1) is 12.7. The molecule has 9 heteroatoms. The van der Waals surface area contributed by atoms with E-state index >= 15 is 0 Å². The van der Waals surface area contributed by atoms with Gasteiger partial charge in [-0.25, -0.2) is 17.2 Å². The molecule has 1 aromatic carbocycles. The van der Waals surface area contributed by atoms with E-state index in [1.165, 1.54) is 10.6 Å². The van der Waals surface area contributed by atoms with Crippen LogP contribution in [0.1, 0.15) is 24.5 Å². The smallest absolute Gasteiger partial charge is 0.211 e. The second-order valence-electron chi connectivity index (χ2n) is 7.50. The Hall–Kier alpha value is -1.55. The fraction of sp³-hybridized carbons (Fsp3) is 0.556. The van der Waals surface area contributed by atoms with E-state index in [1.54, 1.807) is 0 Å². The number of ether oxygens (including phenoxy) is 1. The van der Waals surface area contributed by atoms with Crippen molar-refractivity contribution in [2.45, 2.75) is 31.0 Å². The van der Waals surface area contributed by atoms with Crippen LogP contribution in [0.2, 0.25) is 0 Å². The number of hydrogen-bond acceptors (Lipinski definition) is 5. The van der Waals surface area contributed by atoms with Crippen LogP contribution in [-0.2, 0) is 14.8 Å². The zero-order valence-electron chi connectivity index (χ0n) is 15.1. The van der Waals surface area contributed by atoms with Crippen LogP contribution in [0.25, 0.3) is 0 Å². The molecule has 1 aromatic rings. The minimum Gasteiger partial charge on any atom is -0.370 e. The molecule has 0 aliphatic carbocycles. The van der Waals surface area contributed by atoms with Crippen LogP contribution in [0.4, 0.5) is 8.78 Å². The molecular formula is C18H23F2N3O3S. The maximum Gasteiger partial charge on any atom is 0.211 e. The van der Waals surface area contributed by atoms with Gasteiger partial charge in [0.15, 0.2) is 0 Å². The van der Waals surface area contributed by atoms with E-state index in [4.69, 9.17) is 10.5 Å². The van der Waals surface area contributed by atoms with Gasteiger partial charge in [0, 0.05) is 30.4 Å². The van der Waals surface area contributed by atoms with Crippen molar-refractivity contribution in [2.24, 2.45) is 5.73 Å². The molecule has 4 rings (SSSR count). The quantitative estimate of drug-likeness (QED) is 0.831. The number of rotatable bonds is 3. The van der Waals surface area contributed by atoms with E-state index in [1.807, 2.05) is 0 Å². The van der Waals surface area contributed by atoms with Crippen molar-refractivity contribution in [3.63, 3.8) is 0 Å². The van der Waals surface area contributed by atoms with Crippen LogP contribution in [0.3, 0.4) is 0 Å². The van der Waals surface area contributed by atoms with Gasteiger partial charge in [0.05, 0.1) is 25.4 Å². The third-order valence-electron chi connectivity index (χ3n) is 5.68. The van der Waals surface area contributed by atoms with Crippen molar-refractivity contribution in [2.75, 3.05) is 32.5 Å². The van der Waals surface area contributed by atoms with Crippen LogP contribution in [0.5, 0.6) is 0 Å². The van der Waals surface area contributed by atoms with Crippen molar-refractivity contribution in [1.82, 2.24) is 9.21 Å². The van der Waals surface area contributed by atoms with Crippen molar-refractivity contribution >= 4 is 10.0 Å². The number of nitrogens with two attached hydrogens (primary N) is 1. The van der Waals surface area contributed by atoms with Crippen molar-refractivity contribution in [3.8, 4) is 0 Å². The summed E-state index contributed by atoms with van der Waals surface area (Å²) in [6.45, 7) is 1.97. The molecule has 3 aliphatic heterocycles. The average molecular weight is 399 g/mol. The normalized spacial score (nSPS) is 29.5. The second-order valence-corrected chi connectivity index (χ2v) is 9.48. The number of hydrogen-bond donors (Lipinski definition) is 1. The van der Waals surface area contributed by atoms with Gasteiger partial charge in [0.25, 0.3) is 0 Å². The molecule has 0 aromatic heterocycles. The predicted octanol–water partition coefficient (Wildman–Crippen LogP) is 1.36. The Balaban J connectivity index is 1.47.